The molecule has 0 spiro atoms. The van der Waals surface area contributed by atoms with Crippen molar-refractivity contribution in [3.05, 3.63) is 84.0 Å². The fourth-order valence-corrected chi connectivity index (χ4v) is 6.06. The summed E-state index contributed by atoms with van der Waals surface area (Å²) in [7, 11) is 0. The van der Waals surface area contributed by atoms with Crippen molar-refractivity contribution in [3.63, 3.8) is 0 Å². The second-order valence-electron chi connectivity index (χ2n) is 10.3. The SMILES string of the molecule is C=CCCCC1=CCC(C2CCC(c3ccc(-c4ccc(CCC)cc4)cc3)CC2)CC1. The minimum absolute atomic E-state index is 0.765. The van der Waals surface area contributed by atoms with E-state index in [1.165, 1.54) is 87.3 Å². The van der Waals surface area contributed by atoms with Gasteiger partial charge in [-0.2, -0.15) is 0 Å². The molecule has 2 aromatic rings. The topological polar surface area (TPSA) is 0 Å². The molecule has 0 heterocycles. The van der Waals surface area contributed by atoms with Gasteiger partial charge in [-0.3, -0.25) is 0 Å². The van der Waals surface area contributed by atoms with Crippen molar-refractivity contribution in [2.45, 2.75) is 89.9 Å². The fourth-order valence-electron chi connectivity index (χ4n) is 6.06. The van der Waals surface area contributed by atoms with Crippen LogP contribution in [-0.2, 0) is 6.42 Å². The molecule has 1 saturated carbocycles. The molecule has 0 heteroatoms. The third-order valence-electron chi connectivity index (χ3n) is 8.10. The number of aryl methyl sites for hydroxylation is 1. The van der Waals surface area contributed by atoms with Crippen LogP contribution in [0.4, 0.5) is 0 Å². The van der Waals surface area contributed by atoms with Gasteiger partial charge in [0, 0.05) is 0 Å². The highest BCUT2D eigenvalue weighted by Crippen LogP contribution is 2.43. The first-order chi connectivity index (χ1) is 15.8. The second kappa shape index (κ2) is 11.7. The number of hydrogen-bond donors (Lipinski definition) is 0. The van der Waals surface area contributed by atoms with Crippen LogP contribution in [0, 0.1) is 11.8 Å². The van der Waals surface area contributed by atoms with E-state index in [0.29, 0.717) is 0 Å². The molecule has 0 radical (unpaired) electrons. The molecule has 0 nitrogen and oxygen atoms in total. The van der Waals surface area contributed by atoms with Gasteiger partial charge < -0.3 is 0 Å². The van der Waals surface area contributed by atoms with Crippen LogP contribution in [0.25, 0.3) is 11.1 Å². The van der Waals surface area contributed by atoms with Gasteiger partial charge in [-0.15, -0.1) is 6.58 Å². The van der Waals surface area contributed by atoms with Gasteiger partial charge in [0.15, 0.2) is 0 Å². The van der Waals surface area contributed by atoms with E-state index in [-0.39, 0.29) is 0 Å². The van der Waals surface area contributed by atoms with E-state index < -0.39 is 0 Å². The third-order valence-corrected chi connectivity index (χ3v) is 8.10. The van der Waals surface area contributed by atoms with Crippen LogP contribution in [0.1, 0.15) is 94.6 Å². The molecule has 0 amide bonds. The highest BCUT2D eigenvalue weighted by Gasteiger charge is 2.29. The quantitative estimate of drug-likeness (QED) is 0.276. The smallest absolute Gasteiger partial charge is 0.0162 e. The zero-order chi connectivity index (χ0) is 22.2. The zero-order valence-corrected chi connectivity index (χ0v) is 20.2. The first-order valence-corrected chi connectivity index (χ1v) is 13.2. The highest BCUT2D eigenvalue weighted by atomic mass is 14.3. The van der Waals surface area contributed by atoms with Crippen molar-refractivity contribution < 1.29 is 0 Å². The van der Waals surface area contributed by atoms with E-state index in [9.17, 15) is 0 Å². The minimum Gasteiger partial charge on any atom is -0.103 e. The van der Waals surface area contributed by atoms with Crippen molar-refractivity contribution in [1.29, 1.82) is 0 Å². The maximum Gasteiger partial charge on any atom is -0.0162 e. The molecule has 2 aliphatic rings. The molecule has 1 atom stereocenters. The van der Waals surface area contributed by atoms with Gasteiger partial charge in [-0.1, -0.05) is 79.6 Å². The summed E-state index contributed by atoms with van der Waals surface area (Å²) < 4.78 is 0. The lowest BCUT2D eigenvalue weighted by molar-refractivity contribution is 0.217. The number of hydrogen-bond acceptors (Lipinski definition) is 0. The normalized spacial score (nSPS) is 23.5. The van der Waals surface area contributed by atoms with Crippen LogP contribution in [0.3, 0.4) is 0 Å². The summed E-state index contributed by atoms with van der Waals surface area (Å²) in [4.78, 5) is 0. The third kappa shape index (κ3) is 6.03. The average molecular weight is 427 g/mol. The summed E-state index contributed by atoms with van der Waals surface area (Å²) in [6.07, 6.45) is 20.5. The molecule has 4 rings (SSSR count). The molecular weight excluding hydrogens is 384 g/mol. The Kier molecular flexibility index (Phi) is 8.43. The Morgan fingerprint density at radius 3 is 2.09 bits per heavy atom. The predicted octanol–water partition coefficient (Wildman–Crippen LogP) is 9.66. The van der Waals surface area contributed by atoms with Crippen molar-refractivity contribution in [2.24, 2.45) is 11.8 Å². The van der Waals surface area contributed by atoms with E-state index in [1.54, 1.807) is 11.1 Å². The van der Waals surface area contributed by atoms with Gasteiger partial charge in [-0.05, 0) is 111 Å². The van der Waals surface area contributed by atoms with Crippen molar-refractivity contribution >= 4 is 0 Å². The van der Waals surface area contributed by atoms with E-state index in [4.69, 9.17) is 0 Å². The maximum atomic E-state index is 3.85. The van der Waals surface area contributed by atoms with E-state index in [0.717, 1.165) is 24.2 Å². The van der Waals surface area contributed by atoms with Crippen LogP contribution < -0.4 is 0 Å². The van der Waals surface area contributed by atoms with Gasteiger partial charge in [0.05, 0.1) is 0 Å². The first kappa shape index (κ1) is 23.1. The van der Waals surface area contributed by atoms with Crippen LogP contribution in [0.15, 0.2) is 72.8 Å². The average Bonchev–Trinajstić information content (AvgIpc) is 2.86. The van der Waals surface area contributed by atoms with Crippen LogP contribution in [-0.4, -0.2) is 0 Å². The molecule has 32 heavy (non-hydrogen) atoms. The number of unbranched alkanes of at least 4 members (excludes halogenated alkanes) is 1. The lowest BCUT2D eigenvalue weighted by Gasteiger charge is -2.35. The van der Waals surface area contributed by atoms with Crippen molar-refractivity contribution in [2.75, 3.05) is 0 Å². The minimum atomic E-state index is 0.765. The molecule has 1 unspecified atom stereocenters. The molecule has 0 aliphatic heterocycles. The Labute approximate surface area is 196 Å². The van der Waals surface area contributed by atoms with E-state index >= 15 is 0 Å². The molecule has 0 N–H and O–H groups in total. The van der Waals surface area contributed by atoms with Gasteiger partial charge in [0.2, 0.25) is 0 Å². The Hall–Kier alpha value is -2.08. The predicted molar refractivity (Wildman–Crippen MR) is 140 cm³/mol. The van der Waals surface area contributed by atoms with Crippen LogP contribution in [0.5, 0.6) is 0 Å². The summed E-state index contributed by atoms with van der Waals surface area (Å²) in [5.74, 6) is 2.66. The summed E-state index contributed by atoms with van der Waals surface area (Å²) >= 11 is 0. The molecular formula is C32H42. The van der Waals surface area contributed by atoms with Crippen molar-refractivity contribution in [3.8, 4) is 11.1 Å². The Morgan fingerprint density at radius 1 is 0.812 bits per heavy atom. The number of rotatable bonds is 9. The zero-order valence-electron chi connectivity index (χ0n) is 20.2. The number of allylic oxidation sites excluding steroid dienone is 3. The molecule has 0 aromatic heterocycles. The molecule has 0 bridgehead atoms. The number of benzene rings is 2. The Morgan fingerprint density at radius 2 is 1.50 bits per heavy atom. The highest BCUT2D eigenvalue weighted by molar-refractivity contribution is 5.64. The summed E-state index contributed by atoms with van der Waals surface area (Å²) in [5.41, 5.74) is 7.42. The second-order valence-corrected chi connectivity index (χ2v) is 10.3. The Balaban J connectivity index is 1.27. The fraction of sp³-hybridized carbons (Fsp3) is 0.500. The van der Waals surface area contributed by atoms with Crippen LogP contribution in [0.2, 0.25) is 0 Å². The maximum absolute atomic E-state index is 3.85. The summed E-state index contributed by atoms with van der Waals surface area (Å²) in [5, 5.41) is 0. The standard InChI is InChI=1S/C32H42/c1-3-5-6-8-26-11-15-28(16-12-26)30-19-23-32(24-20-30)31-21-17-29(18-22-31)27-13-9-25(7-4-2)10-14-27/h3,9-11,13-14,17-18,21-22,28,30,32H,1,4-8,12,15-16,19-20,23-24H2,2H3. The first-order valence-electron chi connectivity index (χ1n) is 13.2. The lowest BCUT2D eigenvalue weighted by atomic mass is 9.70. The molecule has 170 valence electrons. The summed E-state index contributed by atoms with van der Waals surface area (Å²) in [6.45, 7) is 6.10. The lowest BCUT2D eigenvalue weighted by Crippen LogP contribution is -2.22. The van der Waals surface area contributed by atoms with Gasteiger partial charge >= 0.3 is 0 Å². The molecule has 2 aromatic carbocycles. The Bertz CT molecular complexity index is 859. The van der Waals surface area contributed by atoms with Gasteiger partial charge in [0.1, 0.15) is 0 Å². The molecule has 1 fully saturated rings. The van der Waals surface area contributed by atoms with E-state index in [1.807, 2.05) is 0 Å². The van der Waals surface area contributed by atoms with Gasteiger partial charge in [-0.25, -0.2) is 0 Å². The van der Waals surface area contributed by atoms with E-state index in [2.05, 4.69) is 74.2 Å². The molecule has 0 saturated heterocycles. The largest absolute Gasteiger partial charge is 0.103 e. The summed E-state index contributed by atoms with van der Waals surface area (Å²) in [6, 6.07) is 18.6. The molecule has 2 aliphatic carbocycles. The van der Waals surface area contributed by atoms with Gasteiger partial charge in [0.25, 0.3) is 0 Å². The monoisotopic (exact) mass is 426 g/mol. The van der Waals surface area contributed by atoms with Crippen LogP contribution >= 0.6 is 0 Å². The van der Waals surface area contributed by atoms with Crippen molar-refractivity contribution in [1.82, 2.24) is 0 Å².